The average Bonchev–Trinajstić information content (AvgIpc) is 2.30. The molecule has 0 fully saturated rings. The Bertz CT molecular complexity index is 316. The molecular weight excluding hydrogens is 148 g/mol. The van der Waals surface area contributed by atoms with Gasteiger partial charge in [0.25, 0.3) is 0 Å². The highest BCUT2D eigenvalue weighted by atomic mass is 14.9. The van der Waals surface area contributed by atoms with Crippen molar-refractivity contribution in [3.05, 3.63) is 29.6 Å². The molecule has 12 heavy (non-hydrogen) atoms. The lowest BCUT2D eigenvalue weighted by atomic mass is 10.1. The van der Waals surface area contributed by atoms with Gasteiger partial charge in [-0.25, -0.2) is 0 Å². The minimum atomic E-state index is 1.02. The van der Waals surface area contributed by atoms with Crippen LogP contribution in [0.4, 0.5) is 5.69 Å². The molecule has 1 N–H and O–H groups in total. The number of nitrogens with zero attached hydrogens (tertiary/aromatic N) is 1. The van der Waals surface area contributed by atoms with Gasteiger partial charge >= 0.3 is 0 Å². The first-order valence-corrected chi connectivity index (χ1v) is 4.23. The van der Waals surface area contributed by atoms with E-state index in [2.05, 4.69) is 29.4 Å². The summed E-state index contributed by atoms with van der Waals surface area (Å²) in [6.45, 7) is 3.10. The summed E-state index contributed by atoms with van der Waals surface area (Å²) in [5, 5.41) is 3.39. The van der Waals surface area contributed by atoms with Crippen molar-refractivity contribution in [1.29, 1.82) is 0 Å². The van der Waals surface area contributed by atoms with Crippen LogP contribution in [0.5, 0.6) is 0 Å². The maximum absolute atomic E-state index is 4.15. The van der Waals surface area contributed by atoms with Crippen molar-refractivity contribution in [3.63, 3.8) is 0 Å². The molecule has 0 saturated heterocycles. The summed E-state index contributed by atoms with van der Waals surface area (Å²) in [6.07, 6.45) is 9.20. The van der Waals surface area contributed by atoms with Crippen LogP contribution in [0.2, 0.25) is 0 Å². The number of nitrogens with one attached hydrogen (secondary N) is 1. The lowest BCUT2D eigenvalue weighted by Crippen LogP contribution is -2.01. The molecule has 2 heteroatoms. The molecule has 1 aromatic heterocycles. The first-order valence-electron chi connectivity index (χ1n) is 4.23. The van der Waals surface area contributed by atoms with E-state index in [4.69, 9.17) is 0 Å². The Labute approximate surface area is 72.3 Å². The zero-order chi connectivity index (χ0) is 8.39. The summed E-state index contributed by atoms with van der Waals surface area (Å²) in [5.74, 6) is 0. The van der Waals surface area contributed by atoms with E-state index in [0.717, 1.165) is 13.0 Å². The SMILES string of the molecule is Cc1cncc2c1NCCC=C2. The van der Waals surface area contributed by atoms with E-state index in [1.807, 2.05) is 12.4 Å². The number of aryl methyl sites for hydroxylation is 1. The summed E-state index contributed by atoms with van der Waals surface area (Å²) in [4.78, 5) is 4.15. The number of hydrogen-bond donors (Lipinski definition) is 1. The van der Waals surface area contributed by atoms with Gasteiger partial charge < -0.3 is 5.32 Å². The van der Waals surface area contributed by atoms with Crippen LogP contribution in [0.3, 0.4) is 0 Å². The van der Waals surface area contributed by atoms with Crippen LogP contribution in [0, 0.1) is 6.92 Å². The van der Waals surface area contributed by atoms with E-state index < -0.39 is 0 Å². The third-order valence-corrected chi connectivity index (χ3v) is 2.08. The maximum Gasteiger partial charge on any atom is 0.0474 e. The topological polar surface area (TPSA) is 24.9 Å². The predicted molar refractivity (Wildman–Crippen MR) is 51.1 cm³/mol. The molecule has 2 nitrogen and oxygen atoms in total. The third-order valence-electron chi connectivity index (χ3n) is 2.08. The Balaban J connectivity index is 2.52. The van der Waals surface area contributed by atoms with Crippen molar-refractivity contribution < 1.29 is 0 Å². The fourth-order valence-electron chi connectivity index (χ4n) is 1.44. The van der Waals surface area contributed by atoms with Crippen LogP contribution in [0.25, 0.3) is 6.08 Å². The Morgan fingerprint density at radius 2 is 2.33 bits per heavy atom. The van der Waals surface area contributed by atoms with Gasteiger partial charge in [-0.05, 0) is 18.9 Å². The Morgan fingerprint density at radius 1 is 1.42 bits per heavy atom. The number of hydrogen-bond acceptors (Lipinski definition) is 2. The third kappa shape index (κ3) is 1.20. The molecule has 1 aliphatic heterocycles. The van der Waals surface area contributed by atoms with Crippen LogP contribution in [-0.2, 0) is 0 Å². The van der Waals surface area contributed by atoms with Gasteiger partial charge in [0.05, 0.1) is 0 Å². The second-order valence-corrected chi connectivity index (χ2v) is 3.04. The maximum atomic E-state index is 4.15. The van der Waals surface area contributed by atoms with Crippen LogP contribution in [0.1, 0.15) is 17.5 Å². The molecule has 0 unspecified atom stereocenters. The molecule has 62 valence electrons. The molecule has 2 rings (SSSR count). The highest BCUT2D eigenvalue weighted by molar-refractivity contribution is 5.69. The van der Waals surface area contributed by atoms with Gasteiger partial charge in [0.1, 0.15) is 0 Å². The number of anilines is 1. The minimum Gasteiger partial charge on any atom is -0.384 e. The number of fused-ring (bicyclic) bond motifs is 1. The summed E-state index contributed by atoms with van der Waals surface area (Å²) >= 11 is 0. The molecule has 0 bridgehead atoms. The van der Waals surface area contributed by atoms with Crippen molar-refractivity contribution in [1.82, 2.24) is 4.98 Å². The number of pyridine rings is 1. The van der Waals surface area contributed by atoms with Crippen LogP contribution < -0.4 is 5.32 Å². The average molecular weight is 160 g/mol. The lowest BCUT2D eigenvalue weighted by molar-refractivity contribution is 1.07. The summed E-state index contributed by atoms with van der Waals surface area (Å²) in [6, 6.07) is 0. The van der Waals surface area contributed by atoms with Gasteiger partial charge in [-0.3, -0.25) is 4.98 Å². The van der Waals surface area contributed by atoms with Gasteiger partial charge in [0.15, 0.2) is 0 Å². The zero-order valence-electron chi connectivity index (χ0n) is 7.17. The molecule has 1 aromatic rings. The van der Waals surface area contributed by atoms with E-state index in [1.54, 1.807) is 0 Å². The smallest absolute Gasteiger partial charge is 0.0474 e. The van der Waals surface area contributed by atoms with E-state index >= 15 is 0 Å². The molecule has 0 amide bonds. The van der Waals surface area contributed by atoms with Crippen molar-refractivity contribution in [2.75, 3.05) is 11.9 Å². The van der Waals surface area contributed by atoms with E-state index in [-0.39, 0.29) is 0 Å². The first kappa shape index (κ1) is 7.35. The molecule has 1 aliphatic rings. The van der Waals surface area contributed by atoms with Gasteiger partial charge in [-0.2, -0.15) is 0 Å². The van der Waals surface area contributed by atoms with E-state index in [9.17, 15) is 0 Å². The highest BCUT2D eigenvalue weighted by Crippen LogP contribution is 2.22. The summed E-state index contributed by atoms with van der Waals surface area (Å²) in [5.41, 5.74) is 3.66. The zero-order valence-corrected chi connectivity index (χ0v) is 7.17. The quantitative estimate of drug-likeness (QED) is 0.629. The summed E-state index contributed by atoms with van der Waals surface area (Å²) in [7, 11) is 0. The van der Waals surface area contributed by atoms with Gasteiger partial charge in [0, 0.05) is 30.2 Å². The predicted octanol–water partition coefficient (Wildman–Crippen LogP) is 2.22. The Hall–Kier alpha value is -1.31. The first-order chi connectivity index (χ1) is 5.88. The largest absolute Gasteiger partial charge is 0.384 e. The Kier molecular flexibility index (Phi) is 1.82. The molecule has 0 aromatic carbocycles. The van der Waals surface area contributed by atoms with E-state index in [0.29, 0.717) is 0 Å². The molecule has 0 aliphatic carbocycles. The number of rotatable bonds is 0. The fraction of sp³-hybridized carbons (Fsp3) is 0.300. The van der Waals surface area contributed by atoms with Gasteiger partial charge in [0.2, 0.25) is 0 Å². The highest BCUT2D eigenvalue weighted by Gasteiger charge is 2.04. The minimum absolute atomic E-state index is 1.02. The normalized spacial score (nSPS) is 14.8. The number of aromatic nitrogens is 1. The summed E-state index contributed by atoms with van der Waals surface area (Å²) < 4.78 is 0. The van der Waals surface area contributed by atoms with Gasteiger partial charge in [-0.15, -0.1) is 0 Å². The lowest BCUT2D eigenvalue weighted by Gasteiger charge is -2.08. The second kappa shape index (κ2) is 2.97. The van der Waals surface area contributed by atoms with Crippen LogP contribution >= 0.6 is 0 Å². The standard InChI is InChI=1S/C10H12N2/c1-8-6-11-7-9-4-2-3-5-12-10(8)9/h2,4,6-7,12H,3,5H2,1H3. The molecule has 0 atom stereocenters. The van der Waals surface area contributed by atoms with Gasteiger partial charge in [-0.1, -0.05) is 12.2 Å². The van der Waals surface area contributed by atoms with Crippen molar-refractivity contribution in [2.24, 2.45) is 0 Å². The van der Waals surface area contributed by atoms with Crippen molar-refractivity contribution in [3.8, 4) is 0 Å². The van der Waals surface area contributed by atoms with Crippen molar-refractivity contribution >= 4 is 11.8 Å². The monoisotopic (exact) mass is 160 g/mol. The molecule has 0 saturated carbocycles. The molecule has 0 spiro atoms. The molecular formula is C10H12N2. The molecule has 2 heterocycles. The van der Waals surface area contributed by atoms with Crippen LogP contribution in [0.15, 0.2) is 18.5 Å². The van der Waals surface area contributed by atoms with Crippen LogP contribution in [-0.4, -0.2) is 11.5 Å². The van der Waals surface area contributed by atoms with Crippen molar-refractivity contribution in [2.45, 2.75) is 13.3 Å². The Morgan fingerprint density at radius 3 is 3.25 bits per heavy atom. The second-order valence-electron chi connectivity index (χ2n) is 3.04. The van der Waals surface area contributed by atoms with E-state index in [1.165, 1.54) is 16.8 Å². The molecule has 0 radical (unpaired) electrons. The fourth-order valence-corrected chi connectivity index (χ4v) is 1.44.